The van der Waals surface area contributed by atoms with Crippen LogP contribution in [0.4, 0.5) is 20.6 Å². The van der Waals surface area contributed by atoms with Crippen LogP contribution in [0, 0.1) is 5.82 Å². The SMILES string of the molecule is COC1CC(C(=O)Nc2ccc(-c3ccccc3S(N)(=O)=O)cc2F)N(C(=O)Nc2ccc(Cl)cc2)C1. The zero-order valence-corrected chi connectivity index (χ0v) is 21.2. The number of primary sulfonamides is 1. The number of nitrogens with one attached hydrogen (secondary N) is 2. The van der Waals surface area contributed by atoms with E-state index in [1.54, 1.807) is 30.3 Å². The molecule has 4 rings (SSSR count). The number of carbonyl (C=O) groups excluding carboxylic acids is 2. The number of amides is 3. The number of benzene rings is 3. The highest BCUT2D eigenvalue weighted by Crippen LogP contribution is 2.30. The molecule has 194 valence electrons. The largest absolute Gasteiger partial charge is 0.380 e. The molecule has 0 aromatic heterocycles. The summed E-state index contributed by atoms with van der Waals surface area (Å²) in [7, 11) is -2.55. The predicted octanol–water partition coefficient (Wildman–Crippen LogP) is 4.05. The van der Waals surface area contributed by atoms with Gasteiger partial charge in [0.15, 0.2) is 0 Å². The van der Waals surface area contributed by atoms with E-state index < -0.39 is 33.8 Å². The van der Waals surface area contributed by atoms with Crippen molar-refractivity contribution in [3.8, 4) is 11.1 Å². The molecule has 12 heteroatoms. The zero-order chi connectivity index (χ0) is 26.7. The molecular formula is C25H24ClFN4O5S. The van der Waals surface area contributed by atoms with Gasteiger partial charge in [0.2, 0.25) is 15.9 Å². The molecule has 9 nitrogen and oxygen atoms in total. The van der Waals surface area contributed by atoms with Crippen molar-refractivity contribution in [2.45, 2.75) is 23.5 Å². The van der Waals surface area contributed by atoms with E-state index in [-0.39, 0.29) is 40.8 Å². The van der Waals surface area contributed by atoms with E-state index in [0.29, 0.717) is 10.7 Å². The first kappa shape index (κ1) is 26.6. The number of hydrogen-bond donors (Lipinski definition) is 3. The molecule has 4 N–H and O–H groups in total. The minimum atomic E-state index is -4.04. The van der Waals surface area contributed by atoms with Crippen molar-refractivity contribution in [2.24, 2.45) is 5.14 Å². The summed E-state index contributed by atoms with van der Waals surface area (Å²) in [4.78, 5) is 27.2. The monoisotopic (exact) mass is 546 g/mol. The number of hydrogen-bond acceptors (Lipinski definition) is 5. The van der Waals surface area contributed by atoms with Gasteiger partial charge in [0.05, 0.1) is 16.7 Å². The van der Waals surface area contributed by atoms with Crippen LogP contribution in [0.5, 0.6) is 0 Å². The number of sulfonamides is 1. The lowest BCUT2D eigenvalue weighted by Crippen LogP contribution is -2.45. The Morgan fingerprint density at radius 1 is 1.08 bits per heavy atom. The molecule has 1 aliphatic heterocycles. The maximum atomic E-state index is 15.0. The number of urea groups is 1. The third-order valence-corrected chi connectivity index (χ3v) is 7.21. The second kappa shape index (κ2) is 10.9. The van der Waals surface area contributed by atoms with Crippen LogP contribution in [0.3, 0.4) is 0 Å². The number of nitrogens with zero attached hydrogens (tertiary/aromatic N) is 1. The Bertz CT molecular complexity index is 1440. The van der Waals surface area contributed by atoms with Gasteiger partial charge in [-0.1, -0.05) is 35.9 Å². The van der Waals surface area contributed by atoms with Crippen LogP contribution in [0.25, 0.3) is 11.1 Å². The number of ether oxygens (including phenoxy) is 1. The van der Waals surface area contributed by atoms with Crippen LogP contribution in [-0.2, 0) is 19.6 Å². The molecule has 37 heavy (non-hydrogen) atoms. The van der Waals surface area contributed by atoms with E-state index >= 15 is 4.39 Å². The van der Waals surface area contributed by atoms with Gasteiger partial charge >= 0.3 is 6.03 Å². The van der Waals surface area contributed by atoms with Crippen LogP contribution in [0.15, 0.2) is 71.6 Å². The molecule has 2 unspecified atom stereocenters. The molecule has 0 spiro atoms. The van der Waals surface area contributed by atoms with Crippen molar-refractivity contribution in [1.82, 2.24) is 4.90 Å². The van der Waals surface area contributed by atoms with Crippen LogP contribution in [0.2, 0.25) is 5.02 Å². The quantitative estimate of drug-likeness (QED) is 0.429. The van der Waals surface area contributed by atoms with Crippen LogP contribution >= 0.6 is 11.6 Å². The van der Waals surface area contributed by atoms with Crippen molar-refractivity contribution in [2.75, 3.05) is 24.3 Å². The number of carbonyl (C=O) groups is 2. The van der Waals surface area contributed by atoms with Gasteiger partial charge in [-0.2, -0.15) is 0 Å². The lowest BCUT2D eigenvalue weighted by Gasteiger charge is -2.24. The number of rotatable bonds is 6. The smallest absolute Gasteiger partial charge is 0.322 e. The Hall–Kier alpha value is -3.51. The standard InChI is InChI=1S/C25H24ClFN4O5S/c1-36-18-13-22(31(14-18)25(33)29-17-9-7-16(26)8-10-17)24(32)30-21-11-6-15(12-20(21)27)19-4-2-3-5-23(19)37(28,34)35/h2-12,18,22H,13-14H2,1H3,(H,29,33)(H,30,32)(H2,28,34,35). The van der Waals surface area contributed by atoms with Crippen molar-refractivity contribution < 1.29 is 27.1 Å². The van der Waals surface area contributed by atoms with E-state index in [4.69, 9.17) is 21.5 Å². The Morgan fingerprint density at radius 2 is 1.78 bits per heavy atom. The van der Waals surface area contributed by atoms with E-state index in [1.807, 2.05) is 0 Å². The van der Waals surface area contributed by atoms with Gasteiger partial charge in [-0.3, -0.25) is 4.79 Å². The van der Waals surface area contributed by atoms with Gasteiger partial charge in [-0.25, -0.2) is 22.7 Å². The summed E-state index contributed by atoms with van der Waals surface area (Å²) < 4.78 is 44.2. The van der Waals surface area contributed by atoms with Gasteiger partial charge in [0, 0.05) is 36.3 Å². The number of halogens is 2. The normalized spacial score (nSPS) is 17.5. The van der Waals surface area contributed by atoms with Crippen molar-refractivity contribution in [3.05, 3.63) is 77.6 Å². The third-order valence-electron chi connectivity index (χ3n) is 5.99. The summed E-state index contributed by atoms with van der Waals surface area (Å²) >= 11 is 5.88. The van der Waals surface area contributed by atoms with Gasteiger partial charge in [0.25, 0.3) is 0 Å². The van der Waals surface area contributed by atoms with E-state index in [2.05, 4.69) is 10.6 Å². The Balaban J connectivity index is 1.53. The molecule has 0 bridgehead atoms. The fourth-order valence-electron chi connectivity index (χ4n) is 4.12. The van der Waals surface area contributed by atoms with E-state index in [9.17, 15) is 18.0 Å². The highest BCUT2D eigenvalue weighted by molar-refractivity contribution is 7.89. The minimum absolute atomic E-state index is 0.124. The maximum absolute atomic E-state index is 15.0. The van der Waals surface area contributed by atoms with E-state index in [0.717, 1.165) is 6.07 Å². The minimum Gasteiger partial charge on any atom is -0.380 e. The molecular weight excluding hydrogens is 523 g/mol. The summed E-state index contributed by atoms with van der Waals surface area (Å²) in [6.45, 7) is 0.166. The van der Waals surface area contributed by atoms with Crippen LogP contribution in [-0.4, -0.2) is 51.1 Å². The molecule has 1 aliphatic rings. The fraction of sp³-hybridized carbons (Fsp3) is 0.200. The van der Waals surface area contributed by atoms with Gasteiger partial charge in [0.1, 0.15) is 11.9 Å². The molecule has 0 saturated carbocycles. The molecule has 0 aliphatic carbocycles. The second-order valence-corrected chi connectivity index (χ2v) is 10.4. The Morgan fingerprint density at radius 3 is 2.43 bits per heavy atom. The lowest BCUT2D eigenvalue weighted by molar-refractivity contribution is -0.119. The molecule has 3 aromatic carbocycles. The Kier molecular flexibility index (Phi) is 7.79. The summed E-state index contributed by atoms with van der Waals surface area (Å²) in [5, 5.41) is 11.0. The molecule has 1 saturated heterocycles. The van der Waals surface area contributed by atoms with Crippen LogP contribution < -0.4 is 15.8 Å². The Labute approximate surface area is 218 Å². The zero-order valence-electron chi connectivity index (χ0n) is 19.6. The molecule has 3 amide bonds. The van der Waals surface area contributed by atoms with Gasteiger partial charge < -0.3 is 20.3 Å². The number of likely N-dealkylation sites (tertiary alicyclic amines) is 1. The van der Waals surface area contributed by atoms with Crippen molar-refractivity contribution in [3.63, 3.8) is 0 Å². The summed E-state index contributed by atoms with van der Waals surface area (Å²) in [6, 6.07) is 14.9. The molecule has 1 heterocycles. The van der Waals surface area contributed by atoms with Crippen molar-refractivity contribution >= 4 is 44.9 Å². The first-order chi connectivity index (χ1) is 17.6. The second-order valence-electron chi connectivity index (χ2n) is 8.42. The highest BCUT2D eigenvalue weighted by Gasteiger charge is 2.40. The molecule has 1 fully saturated rings. The fourth-order valence-corrected chi connectivity index (χ4v) is 5.01. The highest BCUT2D eigenvalue weighted by atomic mass is 35.5. The van der Waals surface area contributed by atoms with Gasteiger partial charge in [-0.15, -0.1) is 0 Å². The molecule has 3 aromatic rings. The predicted molar refractivity (Wildman–Crippen MR) is 138 cm³/mol. The third kappa shape index (κ3) is 6.08. The summed E-state index contributed by atoms with van der Waals surface area (Å²) in [6.07, 6.45) is -0.161. The molecule has 2 atom stereocenters. The first-order valence-corrected chi connectivity index (χ1v) is 13.1. The number of methoxy groups -OCH3 is 1. The number of anilines is 2. The maximum Gasteiger partial charge on any atom is 0.322 e. The van der Waals surface area contributed by atoms with Crippen LogP contribution in [0.1, 0.15) is 6.42 Å². The summed E-state index contributed by atoms with van der Waals surface area (Å²) in [5.74, 6) is -1.38. The average Bonchev–Trinajstić information content (AvgIpc) is 3.31. The topological polar surface area (TPSA) is 131 Å². The molecule has 0 radical (unpaired) electrons. The van der Waals surface area contributed by atoms with E-state index in [1.165, 1.54) is 42.3 Å². The number of nitrogens with two attached hydrogens (primary N) is 1. The lowest BCUT2D eigenvalue weighted by atomic mass is 10.0. The summed E-state index contributed by atoms with van der Waals surface area (Å²) in [5.41, 5.74) is 0.867. The average molecular weight is 547 g/mol. The van der Waals surface area contributed by atoms with Crippen molar-refractivity contribution in [1.29, 1.82) is 0 Å². The first-order valence-electron chi connectivity index (χ1n) is 11.2. The van der Waals surface area contributed by atoms with Gasteiger partial charge in [-0.05, 0) is 48.0 Å².